The Morgan fingerprint density at radius 1 is 0.771 bits per heavy atom. The van der Waals surface area contributed by atoms with E-state index in [4.69, 9.17) is 9.97 Å². The molecule has 0 atom stereocenters. The standard InChI is InChI=1S/C29H34N6/c1-19-16-23(17-20(2)30-19)29-32-28-21(3)31-26(18-27(28)33(29)4)22-8-10-25(11-9-22)35-14-12-34(13-15-35)24-6-5-7-24/h8-11,16-18,24H,5-7,12-15H2,1-4H3. The van der Waals surface area contributed by atoms with Crippen LogP contribution in [0.3, 0.4) is 0 Å². The molecule has 2 fully saturated rings. The van der Waals surface area contributed by atoms with Crippen molar-refractivity contribution in [3.05, 3.63) is 59.5 Å². The van der Waals surface area contributed by atoms with Crippen LogP contribution >= 0.6 is 0 Å². The first-order valence-electron chi connectivity index (χ1n) is 12.9. The zero-order valence-corrected chi connectivity index (χ0v) is 21.3. The predicted molar refractivity (Wildman–Crippen MR) is 143 cm³/mol. The van der Waals surface area contributed by atoms with Crippen molar-refractivity contribution in [3.63, 3.8) is 0 Å². The Morgan fingerprint density at radius 3 is 2.09 bits per heavy atom. The highest BCUT2D eigenvalue weighted by molar-refractivity contribution is 5.86. The summed E-state index contributed by atoms with van der Waals surface area (Å²) in [4.78, 5) is 19.6. The van der Waals surface area contributed by atoms with E-state index in [0.29, 0.717) is 0 Å². The molecule has 4 aromatic rings. The van der Waals surface area contributed by atoms with Crippen molar-refractivity contribution in [1.29, 1.82) is 0 Å². The van der Waals surface area contributed by atoms with Gasteiger partial charge in [0.05, 0.1) is 16.9 Å². The lowest BCUT2D eigenvalue weighted by atomic mass is 9.91. The van der Waals surface area contributed by atoms with Crippen molar-refractivity contribution in [2.24, 2.45) is 7.05 Å². The molecule has 0 spiro atoms. The number of anilines is 1. The Hall–Kier alpha value is -3.25. The maximum Gasteiger partial charge on any atom is 0.141 e. The lowest BCUT2D eigenvalue weighted by Crippen LogP contribution is -2.52. The summed E-state index contributed by atoms with van der Waals surface area (Å²) >= 11 is 0. The number of aryl methyl sites for hydroxylation is 4. The third-order valence-corrected chi connectivity index (χ3v) is 7.82. The second kappa shape index (κ2) is 8.76. The molecular weight excluding hydrogens is 432 g/mol. The summed E-state index contributed by atoms with van der Waals surface area (Å²) in [5.41, 5.74) is 9.57. The van der Waals surface area contributed by atoms with Crippen LogP contribution in [0.2, 0.25) is 0 Å². The zero-order chi connectivity index (χ0) is 24.1. The molecule has 1 aliphatic carbocycles. The van der Waals surface area contributed by atoms with Crippen LogP contribution in [0.1, 0.15) is 36.3 Å². The zero-order valence-electron chi connectivity index (χ0n) is 21.3. The minimum atomic E-state index is 0.850. The topological polar surface area (TPSA) is 50.1 Å². The Morgan fingerprint density at radius 2 is 1.46 bits per heavy atom. The maximum atomic E-state index is 4.97. The summed E-state index contributed by atoms with van der Waals surface area (Å²) in [6.45, 7) is 10.7. The molecule has 6 rings (SSSR count). The van der Waals surface area contributed by atoms with E-state index in [9.17, 15) is 0 Å². The van der Waals surface area contributed by atoms with Gasteiger partial charge >= 0.3 is 0 Å². The molecule has 4 heterocycles. The Kier molecular flexibility index (Phi) is 5.56. The van der Waals surface area contributed by atoms with Gasteiger partial charge in [0, 0.05) is 67.5 Å². The van der Waals surface area contributed by atoms with E-state index in [1.807, 2.05) is 13.8 Å². The van der Waals surface area contributed by atoms with Crippen LogP contribution in [0, 0.1) is 20.8 Å². The number of fused-ring (bicyclic) bond motifs is 1. The van der Waals surface area contributed by atoms with Crippen LogP contribution in [0.15, 0.2) is 42.5 Å². The van der Waals surface area contributed by atoms with Gasteiger partial charge in [-0.05, 0) is 63.9 Å². The number of hydrogen-bond donors (Lipinski definition) is 0. The average molecular weight is 467 g/mol. The average Bonchev–Trinajstić information content (AvgIpc) is 3.15. The molecule has 1 saturated carbocycles. The van der Waals surface area contributed by atoms with Gasteiger partial charge in [-0.3, -0.25) is 14.9 Å². The number of hydrogen-bond acceptors (Lipinski definition) is 5. The second-order valence-electron chi connectivity index (χ2n) is 10.2. The Balaban J connectivity index is 1.26. The van der Waals surface area contributed by atoms with Crippen LogP contribution in [0.25, 0.3) is 33.7 Å². The van der Waals surface area contributed by atoms with Gasteiger partial charge in [-0.25, -0.2) is 4.98 Å². The molecule has 3 aromatic heterocycles. The number of imidazole rings is 1. The van der Waals surface area contributed by atoms with Crippen molar-refractivity contribution in [1.82, 2.24) is 24.4 Å². The quantitative estimate of drug-likeness (QED) is 0.409. The lowest BCUT2D eigenvalue weighted by molar-refractivity contribution is 0.120. The van der Waals surface area contributed by atoms with Crippen molar-refractivity contribution < 1.29 is 0 Å². The molecule has 2 aliphatic rings. The summed E-state index contributed by atoms with van der Waals surface area (Å²) in [6, 6.07) is 16.2. The van der Waals surface area contributed by atoms with E-state index in [2.05, 4.69) is 75.8 Å². The molecule has 0 N–H and O–H groups in total. The molecule has 1 aromatic carbocycles. The monoisotopic (exact) mass is 466 g/mol. The van der Waals surface area contributed by atoms with E-state index in [-0.39, 0.29) is 0 Å². The summed E-state index contributed by atoms with van der Waals surface area (Å²) < 4.78 is 2.18. The van der Waals surface area contributed by atoms with Gasteiger partial charge in [0.25, 0.3) is 0 Å². The first kappa shape index (κ1) is 22.2. The van der Waals surface area contributed by atoms with Crippen LogP contribution in [-0.4, -0.2) is 56.6 Å². The van der Waals surface area contributed by atoms with Gasteiger partial charge in [-0.15, -0.1) is 0 Å². The van der Waals surface area contributed by atoms with Crippen molar-refractivity contribution in [2.45, 2.75) is 46.1 Å². The van der Waals surface area contributed by atoms with Crippen molar-refractivity contribution in [3.8, 4) is 22.6 Å². The smallest absolute Gasteiger partial charge is 0.141 e. The fourth-order valence-corrected chi connectivity index (χ4v) is 5.65. The minimum Gasteiger partial charge on any atom is -0.369 e. The van der Waals surface area contributed by atoms with Crippen LogP contribution in [0.4, 0.5) is 5.69 Å². The van der Waals surface area contributed by atoms with Crippen molar-refractivity contribution in [2.75, 3.05) is 31.1 Å². The molecule has 1 saturated heterocycles. The van der Waals surface area contributed by atoms with Gasteiger partial charge in [0.1, 0.15) is 11.3 Å². The highest BCUT2D eigenvalue weighted by atomic mass is 15.3. The molecule has 35 heavy (non-hydrogen) atoms. The van der Waals surface area contributed by atoms with Gasteiger partial charge in [-0.2, -0.15) is 0 Å². The van der Waals surface area contributed by atoms with Crippen LogP contribution in [-0.2, 0) is 7.05 Å². The molecule has 6 heteroatoms. The predicted octanol–water partition coefficient (Wildman–Crippen LogP) is 5.30. The third kappa shape index (κ3) is 4.10. The lowest BCUT2D eigenvalue weighted by Gasteiger charge is -2.43. The van der Waals surface area contributed by atoms with Crippen molar-refractivity contribution >= 4 is 16.7 Å². The second-order valence-corrected chi connectivity index (χ2v) is 10.2. The SMILES string of the molecule is Cc1cc(-c2nc3c(C)nc(-c4ccc(N5CCN(C6CCC6)CC5)cc4)cc3n2C)cc(C)n1. The third-order valence-electron chi connectivity index (χ3n) is 7.82. The molecule has 0 radical (unpaired) electrons. The summed E-state index contributed by atoms with van der Waals surface area (Å²) in [6.07, 6.45) is 4.20. The van der Waals surface area contributed by atoms with Gasteiger partial charge in [0.2, 0.25) is 0 Å². The number of piperazine rings is 1. The van der Waals surface area contributed by atoms with Gasteiger partial charge < -0.3 is 9.47 Å². The first-order chi connectivity index (χ1) is 17.0. The number of aromatic nitrogens is 4. The number of rotatable bonds is 4. The van der Waals surface area contributed by atoms with Crippen LogP contribution < -0.4 is 4.90 Å². The van der Waals surface area contributed by atoms with Gasteiger partial charge in [-0.1, -0.05) is 18.6 Å². The molecule has 0 amide bonds. The molecule has 0 unspecified atom stereocenters. The number of benzene rings is 1. The molecule has 6 nitrogen and oxygen atoms in total. The largest absolute Gasteiger partial charge is 0.369 e. The molecular formula is C29H34N6. The normalized spacial score (nSPS) is 17.2. The maximum absolute atomic E-state index is 4.97. The van der Waals surface area contributed by atoms with E-state index in [1.54, 1.807) is 0 Å². The Labute approximate surface area is 207 Å². The summed E-state index contributed by atoms with van der Waals surface area (Å²) in [7, 11) is 2.09. The highest BCUT2D eigenvalue weighted by Gasteiger charge is 2.28. The summed E-state index contributed by atoms with van der Waals surface area (Å²) in [5.74, 6) is 0.951. The van der Waals surface area contributed by atoms with Gasteiger partial charge in [0.15, 0.2) is 0 Å². The number of nitrogens with zero attached hydrogens (tertiary/aromatic N) is 6. The van der Waals surface area contributed by atoms with E-state index in [0.717, 1.165) is 69.9 Å². The highest BCUT2D eigenvalue weighted by Crippen LogP contribution is 2.31. The fraction of sp³-hybridized carbons (Fsp3) is 0.414. The van der Waals surface area contributed by atoms with E-state index < -0.39 is 0 Å². The molecule has 0 bridgehead atoms. The number of pyridine rings is 2. The minimum absolute atomic E-state index is 0.850. The Bertz CT molecular complexity index is 1350. The van der Waals surface area contributed by atoms with E-state index in [1.165, 1.54) is 38.0 Å². The molecule has 1 aliphatic heterocycles. The summed E-state index contributed by atoms with van der Waals surface area (Å²) in [5, 5.41) is 0. The van der Waals surface area contributed by atoms with E-state index >= 15 is 0 Å². The molecule has 180 valence electrons. The van der Waals surface area contributed by atoms with Crippen LogP contribution in [0.5, 0.6) is 0 Å². The first-order valence-corrected chi connectivity index (χ1v) is 12.9. The fourth-order valence-electron chi connectivity index (χ4n) is 5.65.